The molecule has 5 heteroatoms. The summed E-state index contributed by atoms with van der Waals surface area (Å²) >= 11 is 0. The van der Waals surface area contributed by atoms with E-state index in [0.717, 1.165) is 4.90 Å². The summed E-state index contributed by atoms with van der Waals surface area (Å²) in [4.78, 5) is 20.4. The molecule has 0 spiro atoms. The molecule has 0 atom stereocenters. The van der Waals surface area contributed by atoms with Gasteiger partial charge in [0.25, 0.3) is 0 Å². The fourth-order valence-corrected chi connectivity index (χ4v) is 1.41. The summed E-state index contributed by atoms with van der Waals surface area (Å²) in [6.45, 7) is 0.188. The molecule has 2 aromatic rings. The first-order valence-corrected chi connectivity index (χ1v) is 5.09. The summed E-state index contributed by atoms with van der Waals surface area (Å²) in [6, 6.07) is 10.5. The number of pyridine rings is 2. The molecule has 5 nitrogen and oxygen atoms in total. The lowest BCUT2D eigenvalue weighted by Gasteiger charge is -2.17. The minimum atomic E-state index is -1.05. The molecule has 1 N–H and O–H groups in total. The topological polar surface area (TPSA) is 66.3 Å². The first-order chi connectivity index (χ1) is 8.27. The van der Waals surface area contributed by atoms with Crippen molar-refractivity contribution in [3.8, 4) is 0 Å². The molecule has 0 saturated carbocycles. The van der Waals surface area contributed by atoms with Crippen LogP contribution < -0.4 is 4.90 Å². The van der Waals surface area contributed by atoms with Crippen LogP contribution in [0.1, 0.15) is 5.69 Å². The minimum Gasteiger partial charge on any atom is -0.465 e. The molecule has 0 bridgehead atoms. The lowest BCUT2D eigenvalue weighted by Crippen LogP contribution is -2.29. The van der Waals surface area contributed by atoms with Crippen molar-refractivity contribution in [3.63, 3.8) is 0 Å². The quantitative estimate of drug-likeness (QED) is 0.875. The van der Waals surface area contributed by atoms with Crippen LogP contribution in [0, 0.1) is 0 Å². The highest BCUT2D eigenvalue weighted by Gasteiger charge is 2.15. The van der Waals surface area contributed by atoms with Crippen LogP contribution in [0.15, 0.2) is 48.8 Å². The Hall–Kier alpha value is -2.43. The fourth-order valence-electron chi connectivity index (χ4n) is 1.41. The molecule has 2 heterocycles. The van der Waals surface area contributed by atoms with E-state index in [4.69, 9.17) is 5.11 Å². The predicted octanol–water partition coefficient (Wildman–Crippen LogP) is 2.16. The number of amides is 1. The van der Waals surface area contributed by atoms with Crippen LogP contribution in [0.4, 0.5) is 10.6 Å². The molecule has 2 aromatic heterocycles. The third kappa shape index (κ3) is 2.78. The van der Waals surface area contributed by atoms with Gasteiger partial charge in [0, 0.05) is 12.4 Å². The summed E-state index contributed by atoms with van der Waals surface area (Å²) in [6.07, 6.45) is 2.15. The van der Waals surface area contributed by atoms with E-state index in [2.05, 4.69) is 9.97 Å². The molecule has 0 aliphatic rings. The second kappa shape index (κ2) is 5.07. The van der Waals surface area contributed by atoms with Gasteiger partial charge in [0.2, 0.25) is 0 Å². The number of aromatic nitrogens is 2. The Bertz CT molecular complexity index is 488. The van der Waals surface area contributed by atoms with Gasteiger partial charge in [-0.3, -0.25) is 9.88 Å². The maximum Gasteiger partial charge on any atom is 0.413 e. The van der Waals surface area contributed by atoms with Gasteiger partial charge in [-0.05, 0) is 24.3 Å². The average molecular weight is 229 g/mol. The molecule has 17 heavy (non-hydrogen) atoms. The lowest BCUT2D eigenvalue weighted by molar-refractivity contribution is 0.201. The van der Waals surface area contributed by atoms with E-state index >= 15 is 0 Å². The number of carboxylic acid groups (broad SMARTS) is 1. The van der Waals surface area contributed by atoms with Gasteiger partial charge in [-0.15, -0.1) is 0 Å². The van der Waals surface area contributed by atoms with E-state index in [1.807, 2.05) is 6.07 Å². The number of hydrogen-bond acceptors (Lipinski definition) is 3. The van der Waals surface area contributed by atoms with Gasteiger partial charge in [0.05, 0.1) is 12.2 Å². The number of hydrogen-bond donors (Lipinski definition) is 1. The molecule has 1 amide bonds. The van der Waals surface area contributed by atoms with Crippen molar-refractivity contribution in [3.05, 3.63) is 54.5 Å². The van der Waals surface area contributed by atoms with Crippen molar-refractivity contribution in [1.82, 2.24) is 9.97 Å². The lowest BCUT2D eigenvalue weighted by atomic mass is 10.3. The van der Waals surface area contributed by atoms with E-state index in [9.17, 15) is 4.79 Å². The maximum atomic E-state index is 11.2. The highest BCUT2D eigenvalue weighted by atomic mass is 16.4. The molecule has 2 rings (SSSR count). The first-order valence-electron chi connectivity index (χ1n) is 5.09. The van der Waals surface area contributed by atoms with Crippen LogP contribution in [0.5, 0.6) is 0 Å². The zero-order chi connectivity index (χ0) is 12.1. The van der Waals surface area contributed by atoms with Crippen molar-refractivity contribution >= 4 is 11.9 Å². The highest BCUT2D eigenvalue weighted by Crippen LogP contribution is 2.12. The van der Waals surface area contributed by atoms with Crippen molar-refractivity contribution < 1.29 is 9.90 Å². The molecular weight excluding hydrogens is 218 g/mol. The number of carbonyl (C=O) groups is 1. The van der Waals surface area contributed by atoms with Crippen molar-refractivity contribution in [2.24, 2.45) is 0 Å². The largest absolute Gasteiger partial charge is 0.465 e. The summed E-state index contributed by atoms with van der Waals surface area (Å²) in [5.74, 6) is 0.394. The number of anilines is 1. The van der Waals surface area contributed by atoms with E-state index in [0.29, 0.717) is 11.5 Å². The van der Waals surface area contributed by atoms with Crippen molar-refractivity contribution in [1.29, 1.82) is 0 Å². The molecule has 86 valence electrons. The fraction of sp³-hybridized carbons (Fsp3) is 0.0833. The van der Waals surface area contributed by atoms with Crippen LogP contribution in [0.3, 0.4) is 0 Å². The van der Waals surface area contributed by atoms with E-state index in [1.54, 1.807) is 42.7 Å². The molecule has 0 aromatic carbocycles. The molecule has 0 aliphatic carbocycles. The van der Waals surface area contributed by atoms with Crippen LogP contribution in [0.25, 0.3) is 0 Å². The Balaban J connectivity index is 2.23. The third-order valence-corrected chi connectivity index (χ3v) is 2.20. The maximum absolute atomic E-state index is 11.2. The zero-order valence-corrected chi connectivity index (χ0v) is 9.02. The van der Waals surface area contributed by atoms with Crippen LogP contribution in [0.2, 0.25) is 0 Å². The van der Waals surface area contributed by atoms with Gasteiger partial charge in [-0.2, -0.15) is 0 Å². The Morgan fingerprint density at radius 3 is 2.35 bits per heavy atom. The van der Waals surface area contributed by atoms with Gasteiger partial charge < -0.3 is 5.11 Å². The standard InChI is InChI=1S/C12H11N3O2/c16-12(17)15(11-6-2-4-8-14-11)9-10-5-1-3-7-13-10/h1-8H,9H2,(H,16,17). The first kappa shape index (κ1) is 11.1. The van der Waals surface area contributed by atoms with E-state index in [-0.39, 0.29) is 6.54 Å². The molecule has 0 unspecified atom stereocenters. The zero-order valence-electron chi connectivity index (χ0n) is 9.02. The Kier molecular flexibility index (Phi) is 3.30. The monoisotopic (exact) mass is 229 g/mol. The SMILES string of the molecule is O=C(O)N(Cc1ccccn1)c1ccccn1. The van der Waals surface area contributed by atoms with Gasteiger partial charge >= 0.3 is 6.09 Å². The Morgan fingerprint density at radius 2 is 1.82 bits per heavy atom. The van der Waals surface area contributed by atoms with Gasteiger partial charge in [-0.1, -0.05) is 12.1 Å². The van der Waals surface area contributed by atoms with Crippen LogP contribution >= 0.6 is 0 Å². The number of rotatable bonds is 3. The van der Waals surface area contributed by atoms with E-state index < -0.39 is 6.09 Å². The molecule has 0 radical (unpaired) electrons. The van der Waals surface area contributed by atoms with Crippen molar-refractivity contribution in [2.45, 2.75) is 6.54 Å². The Morgan fingerprint density at radius 1 is 1.12 bits per heavy atom. The molecule has 0 fully saturated rings. The average Bonchev–Trinajstić information content (AvgIpc) is 2.38. The van der Waals surface area contributed by atoms with Gasteiger partial charge in [-0.25, -0.2) is 9.78 Å². The smallest absolute Gasteiger partial charge is 0.413 e. The molecule has 0 saturated heterocycles. The summed E-state index contributed by atoms with van der Waals surface area (Å²) in [5.41, 5.74) is 0.681. The van der Waals surface area contributed by atoms with E-state index in [1.165, 1.54) is 0 Å². The minimum absolute atomic E-state index is 0.188. The summed E-state index contributed by atoms with van der Waals surface area (Å²) in [7, 11) is 0. The molecule has 0 aliphatic heterocycles. The Labute approximate surface area is 98.4 Å². The summed E-state index contributed by atoms with van der Waals surface area (Å²) in [5, 5.41) is 9.15. The predicted molar refractivity (Wildman–Crippen MR) is 62.7 cm³/mol. The summed E-state index contributed by atoms with van der Waals surface area (Å²) < 4.78 is 0. The normalized spacial score (nSPS) is 9.88. The van der Waals surface area contributed by atoms with Crippen molar-refractivity contribution in [2.75, 3.05) is 4.90 Å². The second-order valence-electron chi connectivity index (χ2n) is 3.38. The van der Waals surface area contributed by atoms with Gasteiger partial charge in [0.1, 0.15) is 5.82 Å². The van der Waals surface area contributed by atoms with Crippen LogP contribution in [-0.4, -0.2) is 21.2 Å². The van der Waals surface area contributed by atoms with Gasteiger partial charge in [0.15, 0.2) is 0 Å². The highest BCUT2D eigenvalue weighted by molar-refractivity contribution is 5.84. The number of nitrogens with zero attached hydrogens (tertiary/aromatic N) is 3. The third-order valence-electron chi connectivity index (χ3n) is 2.20. The second-order valence-corrected chi connectivity index (χ2v) is 3.38. The molecular formula is C12H11N3O2. The van der Waals surface area contributed by atoms with Crippen LogP contribution in [-0.2, 0) is 6.54 Å².